The number of hydrogen-bond acceptors (Lipinski definition) is 14. The second kappa shape index (κ2) is 19.2. The van der Waals surface area contributed by atoms with Gasteiger partial charge in [0.05, 0.1) is 121 Å². The maximum atomic E-state index is 9.97. The monoisotopic (exact) mass is 1060 g/mol. The van der Waals surface area contributed by atoms with Crippen LogP contribution in [0.1, 0.15) is 153 Å². The third-order valence-corrected chi connectivity index (χ3v) is 26.4. The van der Waals surface area contributed by atoms with Crippen molar-refractivity contribution in [3.8, 4) is 0 Å². The Kier molecular flexibility index (Phi) is 14.3. The molecule has 412 valence electrons. The predicted molar refractivity (Wildman–Crippen MR) is 282 cm³/mol. The van der Waals surface area contributed by atoms with Crippen molar-refractivity contribution in [2.75, 3.05) is 19.0 Å². The van der Waals surface area contributed by atoms with Crippen LogP contribution >= 0.6 is 11.8 Å². The van der Waals surface area contributed by atoms with Gasteiger partial charge < -0.3 is 61.6 Å². The van der Waals surface area contributed by atoms with Gasteiger partial charge in [0.25, 0.3) is 0 Å². The Morgan fingerprint density at radius 3 is 2.27 bits per heavy atom. The van der Waals surface area contributed by atoms with E-state index in [0.717, 1.165) is 49.9 Å². The van der Waals surface area contributed by atoms with Crippen LogP contribution < -0.4 is 0 Å². The fourth-order valence-electron chi connectivity index (χ4n) is 15.1. The molecule has 11 rings (SSSR count). The molecule has 0 aromatic rings. The molecule has 23 atom stereocenters. The summed E-state index contributed by atoms with van der Waals surface area (Å²) in [6, 6.07) is 0. The summed E-state index contributed by atoms with van der Waals surface area (Å²) >= 11 is 1.83. The number of ether oxygens (including phenoxy) is 11. The van der Waals surface area contributed by atoms with Crippen molar-refractivity contribution in [2.45, 2.75) is 302 Å². The van der Waals surface area contributed by atoms with Crippen LogP contribution in [0.5, 0.6) is 0 Å². The Bertz CT molecular complexity index is 2140. The summed E-state index contributed by atoms with van der Waals surface area (Å²) in [5.41, 5.74) is -0.956. The van der Waals surface area contributed by atoms with E-state index in [1.54, 1.807) is 0 Å². The van der Waals surface area contributed by atoms with Gasteiger partial charge in [0.1, 0.15) is 22.7 Å². The third-order valence-electron chi connectivity index (χ3n) is 20.6. The number of fused-ring (bicyclic) bond motifs is 10. The van der Waals surface area contributed by atoms with E-state index in [2.05, 4.69) is 114 Å². The molecule has 0 amide bonds. The summed E-state index contributed by atoms with van der Waals surface area (Å²) in [6.07, 6.45) is 13.1. The molecule has 73 heavy (non-hydrogen) atoms. The molecule has 9 fully saturated rings. The third kappa shape index (κ3) is 9.55. The Hall–Kier alpha value is -0.733. The smallest absolute Gasteiger partial charge is 0.192 e. The minimum atomic E-state index is -2.24. The molecule has 0 saturated carbocycles. The lowest BCUT2D eigenvalue weighted by molar-refractivity contribution is -0.359. The van der Waals surface area contributed by atoms with Crippen molar-refractivity contribution in [3.05, 3.63) is 36.0 Å². The first-order valence-electron chi connectivity index (χ1n) is 28.5. The van der Waals surface area contributed by atoms with Gasteiger partial charge in [-0.1, -0.05) is 59.4 Å². The lowest BCUT2D eigenvalue weighted by Gasteiger charge is -2.62. The van der Waals surface area contributed by atoms with Crippen LogP contribution in [0.3, 0.4) is 0 Å². The fraction of sp³-hybridized carbons (Fsp3) is 0.897. The van der Waals surface area contributed by atoms with E-state index in [4.69, 9.17) is 56.5 Å². The van der Waals surface area contributed by atoms with E-state index in [1.807, 2.05) is 11.8 Å². The SMILES string of the molecule is C=C(CO)C[C@@H]1C[C@H](O[Si](C)(C)C(C)(C)C)[C@]2(C)O[C@@H]3C[C@]4(SCC)O[C@@H]5C[C@]6(C)O[C@]7(C)CC[C@@H]8O[C@@H]9C[C@]%10(C)O[C@@H]%11C(C)=CCO[C@H]%11C[C@H]%10O[C@H]9C[C@@H](C)[C@H]8O[C@H]7C[C@H]6O[C@@]5(C)C/C=C\[C@H]4O[C@H]3C[C@H]2O1. The average Bonchev–Trinajstić information content (AvgIpc) is 3.51. The van der Waals surface area contributed by atoms with Gasteiger partial charge in [0.2, 0.25) is 0 Å². The van der Waals surface area contributed by atoms with Gasteiger partial charge >= 0.3 is 0 Å². The predicted octanol–water partition coefficient (Wildman–Crippen LogP) is 9.85. The highest BCUT2D eigenvalue weighted by atomic mass is 32.2. The zero-order chi connectivity index (χ0) is 51.9. The molecule has 0 aromatic carbocycles. The number of aliphatic hydroxyl groups excluding tert-OH is 1. The number of rotatable bonds is 7. The summed E-state index contributed by atoms with van der Waals surface area (Å²) in [4.78, 5) is -0.739. The molecule has 0 spiro atoms. The molecule has 0 bridgehead atoms. The van der Waals surface area contributed by atoms with Crippen molar-refractivity contribution in [1.82, 2.24) is 0 Å². The Labute approximate surface area is 442 Å². The van der Waals surface area contributed by atoms with E-state index in [9.17, 15) is 5.11 Å². The summed E-state index contributed by atoms with van der Waals surface area (Å²) in [5.74, 6) is 1.07. The van der Waals surface area contributed by atoms with Gasteiger partial charge in [-0.2, -0.15) is 0 Å². The molecule has 0 aromatic heterocycles. The Morgan fingerprint density at radius 1 is 0.767 bits per heavy atom. The first-order valence-corrected chi connectivity index (χ1v) is 32.4. The topological polar surface area (TPSA) is 131 Å². The van der Waals surface area contributed by atoms with Crippen molar-refractivity contribution >= 4 is 20.1 Å². The van der Waals surface area contributed by atoms with Crippen LogP contribution in [0, 0.1) is 5.92 Å². The molecule has 0 aliphatic carbocycles. The molecule has 13 nitrogen and oxygen atoms in total. The first kappa shape index (κ1) is 54.2. The van der Waals surface area contributed by atoms with E-state index in [1.165, 1.54) is 5.57 Å². The molecule has 11 aliphatic heterocycles. The van der Waals surface area contributed by atoms with Crippen LogP contribution in [0.25, 0.3) is 0 Å². The maximum absolute atomic E-state index is 9.97. The summed E-state index contributed by atoms with van der Waals surface area (Å²) in [7, 11) is -2.24. The second-order valence-corrected chi connectivity index (χ2v) is 33.5. The molecule has 0 radical (unpaired) electrons. The number of aliphatic hydroxyl groups is 1. The standard InChI is InChI=1S/C58H92O13SSi/c1-15-72-58-30-42-39(26-47-57(12,66-42)48(70-73(13,14)52(5,6)7)25-36(61-47)23-33(2)32-59)63-43(58)17-16-20-53(8)49(68-58)31-56(11)46(67-53)28-45-54(9,71-56)21-18-37-50(65-45)35(4)24-38-41(62-37)29-55(10)44(64-38)27-40-51(69-55)34(3)19-22-60-40/h16-17,19,35-51,59H,2,15,18,20-32H2,1,3-14H3/b17-16-/t35-,36-,37+,38+,39+,40+,41-,42-,43-,44-,45+,46-,47-,48+,49-,50-,51-,53+,54-,55+,56+,57-,58-/m1/s1. The van der Waals surface area contributed by atoms with Gasteiger partial charge in [0.15, 0.2) is 8.32 Å². The Morgan fingerprint density at radius 2 is 1.52 bits per heavy atom. The van der Waals surface area contributed by atoms with E-state index < -0.39 is 41.3 Å². The van der Waals surface area contributed by atoms with Crippen molar-refractivity contribution in [3.63, 3.8) is 0 Å². The lowest BCUT2D eigenvalue weighted by Crippen LogP contribution is -2.72. The van der Waals surface area contributed by atoms with Gasteiger partial charge in [-0.15, -0.1) is 11.8 Å². The van der Waals surface area contributed by atoms with Crippen LogP contribution in [-0.4, -0.2) is 163 Å². The number of hydrogen-bond donors (Lipinski definition) is 1. The van der Waals surface area contributed by atoms with E-state index in [0.29, 0.717) is 45.1 Å². The van der Waals surface area contributed by atoms with Crippen LogP contribution in [0.2, 0.25) is 18.1 Å². The Balaban J connectivity index is 0.817. The zero-order valence-electron chi connectivity index (χ0n) is 46.6. The minimum Gasteiger partial charge on any atom is -0.411 e. The highest BCUT2D eigenvalue weighted by Crippen LogP contribution is 2.58. The van der Waals surface area contributed by atoms with E-state index in [-0.39, 0.29) is 115 Å². The summed E-state index contributed by atoms with van der Waals surface area (Å²) in [5, 5.41) is 9.98. The molecular formula is C58H92O13SSi. The van der Waals surface area contributed by atoms with Crippen molar-refractivity contribution in [2.24, 2.45) is 5.92 Å². The maximum Gasteiger partial charge on any atom is 0.192 e. The number of thioether (sulfide) groups is 1. The van der Waals surface area contributed by atoms with Crippen molar-refractivity contribution < 1.29 is 61.6 Å². The molecule has 9 saturated heterocycles. The molecule has 15 heteroatoms. The summed E-state index contributed by atoms with van der Waals surface area (Å²) in [6.45, 7) is 34.1. The van der Waals surface area contributed by atoms with Gasteiger partial charge in [-0.05, 0) is 115 Å². The second-order valence-electron chi connectivity index (χ2n) is 27.2. The minimum absolute atomic E-state index is 0.00962. The highest BCUT2D eigenvalue weighted by molar-refractivity contribution is 8.00. The summed E-state index contributed by atoms with van der Waals surface area (Å²) < 4.78 is 86.6. The molecular weight excluding hydrogens is 965 g/mol. The zero-order valence-corrected chi connectivity index (χ0v) is 48.4. The molecule has 0 unspecified atom stereocenters. The fourth-order valence-corrected chi connectivity index (χ4v) is 17.8. The van der Waals surface area contributed by atoms with Crippen molar-refractivity contribution in [1.29, 1.82) is 0 Å². The van der Waals surface area contributed by atoms with Crippen LogP contribution in [0.15, 0.2) is 36.0 Å². The van der Waals surface area contributed by atoms with E-state index >= 15 is 0 Å². The van der Waals surface area contributed by atoms with Gasteiger partial charge in [0, 0.05) is 44.9 Å². The normalized spacial score (nSPS) is 53.1. The highest BCUT2D eigenvalue weighted by Gasteiger charge is 2.67. The van der Waals surface area contributed by atoms with Crippen LogP contribution in [-0.2, 0) is 56.5 Å². The lowest BCUT2D eigenvalue weighted by atomic mass is 9.72. The van der Waals surface area contributed by atoms with Gasteiger partial charge in [-0.3, -0.25) is 0 Å². The molecule has 1 N–H and O–H groups in total. The largest absolute Gasteiger partial charge is 0.411 e. The average molecular weight is 1060 g/mol. The first-order chi connectivity index (χ1) is 34.3. The molecule has 11 aliphatic rings. The van der Waals surface area contributed by atoms with Crippen LogP contribution in [0.4, 0.5) is 0 Å². The quantitative estimate of drug-likeness (QED) is 0.192. The molecule has 11 heterocycles. The van der Waals surface area contributed by atoms with Gasteiger partial charge in [-0.25, -0.2) is 0 Å².